The van der Waals surface area contributed by atoms with E-state index in [0.29, 0.717) is 0 Å². The lowest BCUT2D eigenvalue weighted by Gasteiger charge is -2.09. The number of benzene rings is 2. The van der Waals surface area contributed by atoms with Gasteiger partial charge in [0, 0.05) is 11.1 Å². The van der Waals surface area contributed by atoms with Crippen LogP contribution in [0.3, 0.4) is 0 Å². The smallest absolute Gasteiger partial charge is 0.299 e. The van der Waals surface area contributed by atoms with E-state index in [1.54, 1.807) is 18.2 Å². The van der Waals surface area contributed by atoms with Crippen LogP contribution in [0.2, 0.25) is 0 Å². The highest BCUT2D eigenvalue weighted by Gasteiger charge is 2.27. The summed E-state index contributed by atoms with van der Waals surface area (Å²) in [7, 11) is -4.87. The second kappa shape index (κ2) is 4.95. The molecule has 3 N–H and O–H groups in total. The van der Waals surface area contributed by atoms with Crippen molar-refractivity contribution in [3.8, 4) is 11.5 Å². The molecule has 2 aromatic rings. The number of phenolic OH excluding ortho intramolecular Hbond substituents is 2. The quantitative estimate of drug-likeness (QED) is 0.450. The third-order valence-corrected chi connectivity index (χ3v) is 3.58. The van der Waals surface area contributed by atoms with E-state index >= 15 is 0 Å². The van der Waals surface area contributed by atoms with Gasteiger partial charge in [0.1, 0.15) is 0 Å². The lowest BCUT2D eigenvalue weighted by molar-refractivity contribution is 0.103. The van der Waals surface area contributed by atoms with Gasteiger partial charge in [-0.3, -0.25) is 9.35 Å². The molecule has 2 aromatic carbocycles. The fraction of sp³-hybridized carbons (Fsp3) is 0. The first-order chi connectivity index (χ1) is 9.32. The SMILES string of the molecule is O=C(c1ccccc1)c1ccc(O)c(O)c1S(=O)(=O)O. The van der Waals surface area contributed by atoms with Crippen LogP contribution in [0.5, 0.6) is 11.5 Å². The van der Waals surface area contributed by atoms with Gasteiger partial charge in [-0.1, -0.05) is 30.3 Å². The Kier molecular flexibility index (Phi) is 3.47. The van der Waals surface area contributed by atoms with Crippen molar-refractivity contribution in [2.24, 2.45) is 0 Å². The summed E-state index contributed by atoms with van der Waals surface area (Å²) in [4.78, 5) is 11.2. The second-order valence-electron chi connectivity index (χ2n) is 3.98. The highest BCUT2D eigenvalue weighted by molar-refractivity contribution is 7.86. The van der Waals surface area contributed by atoms with Gasteiger partial charge < -0.3 is 10.2 Å². The van der Waals surface area contributed by atoms with Crippen molar-refractivity contribution < 1.29 is 28.0 Å². The molecule has 2 rings (SSSR count). The Morgan fingerprint density at radius 2 is 1.55 bits per heavy atom. The van der Waals surface area contributed by atoms with Crippen molar-refractivity contribution in [2.75, 3.05) is 0 Å². The summed E-state index contributed by atoms with van der Waals surface area (Å²) >= 11 is 0. The number of aromatic hydroxyl groups is 2. The van der Waals surface area contributed by atoms with Crippen LogP contribution < -0.4 is 0 Å². The maximum Gasteiger partial charge on any atom is 0.299 e. The molecule has 0 aliphatic carbocycles. The molecule has 0 aliphatic heterocycles. The number of phenols is 2. The predicted octanol–water partition coefficient (Wildman–Crippen LogP) is 1.58. The van der Waals surface area contributed by atoms with Crippen LogP contribution in [0.15, 0.2) is 47.4 Å². The normalized spacial score (nSPS) is 11.2. The molecule has 0 saturated heterocycles. The first-order valence-corrected chi connectivity index (χ1v) is 6.88. The minimum absolute atomic E-state index is 0.183. The predicted molar refractivity (Wildman–Crippen MR) is 69.5 cm³/mol. The average Bonchev–Trinajstić information content (AvgIpc) is 2.40. The molecule has 0 heterocycles. The summed E-state index contributed by atoms with van der Waals surface area (Å²) in [5.74, 6) is -2.51. The Labute approximate surface area is 114 Å². The maximum atomic E-state index is 12.2. The Balaban J connectivity index is 2.70. The number of rotatable bonds is 3. The number of ketones is 1. The lowest BCUT2D eigenvalue weighted by Crippen LogP contribution is -2.10. The molecule has 0 spiro atoms. The van der Waals surface area contributed by atoms with Gasteiger partial charge in [0.15, 0.2) is 22.2 Å². The van der Waals surface area contributed by atoms with Gasteiger partial charge in [-0.05, 0) is 12.1 Å². The van der Waals surface area contributed by atoms with Gasteiger partial charge in [-0.25, -0.2) is 0 Å². The third-order valence-electron chi connectivity index (χ3n) is 2.65. The summed E-state index contributed by atoms with van der Waals surface area (Å²) in [5.41, 5.74) is -0.239. The third kappa shape index (κ3) is 2.49. The molecule has 0 bridgehead atoms. The van der Waals surface area contributed by atoms with Crippen molar-refractivity contribution >= 4 is 15.9 Å². The standard InChI is InChI=1S/C13H10O6S/c14-10-7-6-9(13(12(10)16)20(17,18)19)11(15)8-4-2-1-3-5-8/h1-7,14,16H,(H,17,18,19). The highest BCUT2D eigenvalue weighted by atomic mass is 32.2. The van der Waals surface area contributed by atoms with E-state index < -0.39 is 37.9 Å². The first kappa shape index (κ1) is 14.0. The first-order valence-electron chi connectivity index (χ1n) is 5.44. The van der Waals surface area contributed by atoms with Gasteiger partial charge in [0.05, 0.1) is 0 Å². The van der Waals surface area contributed by atoms with Crippen LogP contribution in [0, 0.1) is 0 Å². The maximum absolute atomic E-state index is 12.2. The van der Waals surface area contributed by atoms with Crippen LogP contribution in [0.25, 0.3) is 0 Å². The molecule has 104 valence electrons. The number of carbonyl (C=O) groups excluding carboxylic acids is 1. The van der Waals surface area contributed by atoms with Crippen molar-refractivity contribution in [1.29, 1.82) is 0 Å². The van der Waals surface area contributed by atoms with Crippen molar-refractivity contribution in [1.82, 2.24) is 0 Å². The summed E-state index contributed by atoms with van der Waals surface area (Å²) < 4.78 is 31.7. The van der Waals surface area contributed by atoms with Crippen molar-refractivity contribution in [2.45, 2.75) is 4.90 Å². The molecule has 0 unspecified atom stereocenters. The molecular formula is C13H10O6S. The van der Waals surface area contributed by atoms with Gasteiger partial charge in [-0.15, -0.1) is 0 Å². The minimum atomic E-state index is -4.87. The zero-order valence-electron chi connectivity index (χ0n) is 10.0. The van der Waals surface area contributed by atoms with E-state index in [2.05, 4.69) is 0 Å². The minimum Gasteiger partial charge on any atom is -0.504 e. The summed E-state index contributed by atoms with van der Waals surface area (Å²) in [6, 6.07) is 9.75. The van der Waals surface area contributed by atoms with E-state index in [1.807, 2.05) is 0 Å². The summed E-state index contributed by atoms with van der Waals surface area (Å²) in [6.45, 7) is 0. The van der Waals surface area contributed by atoms with Crippen LogP contribution in [-0.4, -0.2) is 29.0 Å². The van der Waals surface area contributed by atoms with Crippen LogP contribution >= 0.6 is 0 Å². The summed E-state index contributed by atoms with van der Waals surface area (Å²) in [5, 5.41) is 18.9. The van der Waals surface area contributed by atoms with Crippen LogP contribution in [0.1, 0.15) is 15.9 Å². The highest BCUT2D eigenvalue weighted by Crippen LogP contribution is 2.35. The molecule has 6 nitrogen and oxygen atoms in total. The Morgan fingerprint density at radius 1 is 0.950 bits per heavy atom. The van der Waals surface area contributed by atoms with Crippen molar-refractivity contribution in [3.63, 3.8) is 0 Å². The zero-order valence-corrected chi connectivity index (χ0v) is 10.8. The van der Waals surface area contributed by atoms with Gasteiger partial charge >= 0.3 is 0 Å². The zero-order chi connectivity index (χ0) is 14.9. The van der Waals surface area contributed by atoms with E-state index in [9.17, 15) is 23.4 Å². The lowest BCUT2D eigenvalue weighted by atomic mass is 10.0. The average molecular weight is 294 g/mol. The number of hydrogen-bond donors (Lipinski definition) is 3. The number of hydrogen-bond acceptors (Lipinski definition) is 5. The molecule has 0 aromatic heterocycles. The molecule has 7 heteroatoms. The van der Waals surface area contributed by atoms with Gasteiger partial charge in [-0.2, -0.15) is 8.42 Å². The topological polar surface area (TPSA) is 112 Å². The molecular weight excluding hydrogens is 284 g/mol. The molecule has 20 heavy (non-hydrogen) atoms. The fourth-order valence-corrected chi connectivity index (χ4v) is 2.53. The molecule has 0 saturated carbocycles. The Bertz CT molecular complexity index is 765. The van der Waals surface area contributed by atoms with E-state index in [1.165, 1.54) is 12.1 Å². The van der Waals surface area contributed by atoms with Gasteiger partial charge in [0.25, 0.3) is 10.1 Å². The fourth-order valence-electron chi connectivity index (χ4n) is 1.75. The van der Waals surface area contributed by atoms with Crippen molar-refractivity contribution in [3.05, 3.63) is 53.6 Å². The largest absolute Gasteiger partial charge is 0.504 e. The molecule has 0 radical (unpaired) electrons. The molecule has 0 fully saturated rings. The van der Waals surface area contributed by atoms with E-state index in [0.717, 1.165) is 12.1 Å². The van der Waals surface area contributed by atoms with Crippen LogP contribution in [0.4, 0.5) is 0 Å². The second-order valence-corrected chi connectivity index (χ2v) is 5.34. The molecule has 0 aliphatic rings. The molecule has 0 atom stereocenters. The molecule has 0 amide bonds. The number of carbonyl (C=O) groups is 1. The van der Waals surface area contributed by atoms with Gasteiger partial charge in [0.2, 0.25) is 0 Å². The Morgan fingerprint density at radius 3 is 2.10 bits per heavy atom. The van der Waals surface area contributed by atoms with E-state index in [4.69, 9.17) is 4.55 Å². The Hall–Kier alpha value is -2.38. The summed E-state index contributed by atoms with van der Waals surface area (Å²) in [6.07, 6.45) is 0. The monoisotopic (exact) mass is 294 g/mol. The van der Waals surface area contributed by atoms with Crippen LogP contribution in [-0.2, 0) is 10.1 Å². The van der Waals surface area contributed by atoms with E-state index in [-0.39, 0.29) is 5.56 Å².